The largest absolute Gasteiger partial charge is 0.455 e. The van der Waals surface area contributed by atoms with Gasteiger partial charge in [0.05, 0.1) is 0 Å². The minimum Gasteiger partial charge on any atom is -0.455 e. The van der Waals surface area contributed by atoms with Crippen LogP contribution in [0.1, 0.15) is 0 Å². The average Bonchev–Trinajstić information content (AvgIpc) is 3.81. The molecule has 0 spiro atoms. The van der Waals surface area contributed by atoms with Gasteiger partial charge in [0.1, 0.15) is 22.3 Å². The van der Waals surface area contributed by atoms with Gasteiger partial charge in [-0.25, -0.2) is 0 Å². The molecule has 54 heavy (non-hydrogen) atoms. The number of furan rings is 2. The smallest absolute Gasteiger partial charge is 0.144 e. The van der Waals surface area contributed by atoms with Crippen molar-refractivity contribution in [1.29, 1.82) is 0 Å². The van der Waals surface area contributed by atoms with Crippen molar-refractivity contribution in [2.45, 2.75) is 0 Å². The fraction of sp³-hybridized carbons (Fsp3) is 0. The zero-order chi connectivity index (χ0) is 35.3. The minimum absolute atomic E-state index is 0.874. The summed E-state index contributed by atoms with van der Waals surface area (Å²) in [7, 11) is 0. The van der Waals surface area contributed by atoms with Crippen LogP contribution >= 0.6 is 0 Å². The van der Waals surface area contributed by atoms with E-state index >= 15 is 0 Å². The maximum atomic E-state index is 6.77. The van der Waals surface area contributed by atoms with Gasteiger partial charge in [-0.2, -0.15) is 0 Å². The predicted octanol–water partition coefficient (Wildman–Crippen LogP) is 15.1. The van der Waals surface area contributed by atoms with Crippen LogP contribution in [0.25, 0.3) is 120 Å². The van der Waals surface area contributed by atoms with Crippen LogP contribution in [0.2, 0.25) is 0 Å². The number of hydrogen-bond donors (Lipinski definition) is 0. The molecular weight excluding hydrogens is 657 g/mol. The van der Waals surface area contributed by atoms with E-state index in [2.05, 4.69) is 170 Å². The van der Waals surface area contributed by atoms with Crippen LogP contribution < -0.4 is 0 Å². The van der Waals surface area contributed by atoms with Gasteiger partial charge in [0.15, 0.2) is 0 Å². The van der Waals surface area contributed by atoms with Crippen LogP contribution in [0.5, 0.6) is 0 Å². The maximum absolute atomic E-state index is 6.77. The van der Waals surface area contributed by atoms with E-state index in [9.17, 15) is 0 Å². The lowest BCUT2D eigenvalue weighted by Crippen LogP contribution is -1.90. The highest BCUT2D eigenvalue weighted by Gasteiger charge is 2.21. The molecule has 12 aromatic rings. The standard InChI is InChI=1S/C52H30O2/c1-2-12-31(13-3-1)47-37-14-4-6-16-39(37)48(40-17-7-5-15-38(40)47)36-25-24-32-28-33(22-23-34(32)29-36)35-26-27-44-46(30-35)54-52-42-19-9-8-18-41(42)51-49(50(44)52)43-20-10-11-21-45(43)53-51/h1-30H. The Morgan fingerprint density at radius 1 is 0.259 bits per heavy atom. The van der Waals surface area contributed by atoms with Crippen LogP contribution in [0.15, 0.2) is 191 Å². The van der Waals surface area contributed by atoms with Crippen molar-refractivity contribution < 1.29 is 8.83 Å². The van der Waals surface area contributed by atoms with Crippen molar-refractivity contribution in [3.8, 4) is 33.4 Å². The second-order valence-corrected chi connectivity index (χ2v) is 14.3. The zero-order valence-corrected chi connectivity index (χ0v) is 29.1. The van der Waals surface area contributed by atoms with Crippen LogP contribution in [0, 0.1) is 0 Å². The SMILES string of the molecule is c1ccc(-c2c3ccccc3c(-c3ccc4cc(-c5ccc6c(c5)oc5c7ccccc7c7oc8ccccc8c7c65)ccc4c3)c3ccccc23)cc1. The summed E-state index contributed by atoms with van der Waals surface area (Å²) in [6.07, 6.45) is 0. The Kier molecular flexibility index (Phi) is 6.09. The van der Waals surface area contributed by atoms with Crippen molar-refractivity contribution >= 4 is 87.0 Å². The lowest BCUT2D eigenvalue weighted by atomic mass is 9.85. The first-order valence-electron chi connectivity index (χ1n) is 18.5. The summed E-state index contributed by atoms with van der Waals surface area (Å²) in [6, 6.07) is 65.5. The lowest BCUT2D eigenvalue weighted by Gasteiger charge is -2.18. The van der Waals surface area contributed by atoms with Crippen molar-refractivity contribution in [3.05, 3.63) is 182 Å². The van der Waals surface area contributed by atoms with Gasteiger partial charge >= 0.3 is 0 Å². The number of rotatable bonds is 3. The Morgan fingerprint density at radius 3 is 1.31 bits per heavy atom. The number of fused-ring (bicyclic) bond motifs is 13. The number of para-hydroxylation sites is 1. The van der Waals surface area contributed by atoms with Crippen LogP contribution in [0.4, 0.5) is 0 Å². The summed E-state index contributed by atoms with van der Waals surface area (Å²) in [5.41, 5.74) is 10.9. The van der Waals surface area contributed by atoms with Crippen LogP contribution in [0.3, 0.4) is 0 Å². The van der Waals surface area contributed by atoms with Gasteiger partial charge in [0.2, 0.25) is 0 Å². The molecule has 0 fully saturated rings. The average molecular weight is 687 g/mol. The molecule has 0 N–H and O–H groups in total. The molecule has 0 radical (unpaired) electrons. The molecule has 0 unspecified atom stereocenters. The van der Waals surface area contributed by atoms with Crippen LogP contribution in [-0.2, 0) is 0 Å². The van der Waals surface area contributed by atoms with Gasteiger partial charge in [0.25, 0.3) is 0 Å². The van der Waals surface area contributed by atoms with E-state index in [1.165, 1.54) is 54.6 Å². The normalized spacial score (nSPS) is 12.1. The second-order valence-electron chi connectivity index (χ2n) is 14.3. The van der Waals surface area contributed by atoms with E-state index < -0.39 is 0 Å². The molecule has 0 aliphatic rings. The lowest BCUT2D eigenvalue weighted by molar-refractivity contribution is 0.668. The molecule has 0 aliphatic carbocycles. The van der Waals surface area contributed by atoms with Gasteiger partial charge in [-0.05, 0) is 96.0 Å². The van der Waals surface area contributed by atoms with Gasteiger partial charge in [-0.15, -0.1) is 0 Å². The highest BCUT2D eigenvalue weighted by molar-refractivity contribution is 6.34. The Bertz CT molecular complexity index is 3430. The van der Waals surface area contributed by atoms with Gasteiger partial charge < -0.3 is 8.83 Å². The van der Waals surface area contributed by atoms with E-state index in [1.54, 1.807) is 0 Å². The third-order valence-electron chi connectivity index (χ3n) is 11.4. The van der Waals surface area contributed by atoms with E-state index in [0.29, 0.717) is 0 Å². The Hall–Kier alpha value is -7.16. The summed E-state index contributed by atoms with van der Waals surface area (Å²) in [5, 5.41) is 14.0. The minimum atomic E-state index is 0.874. The summed E-state index contributed by atoms with van der Waals surface area (Å²) in [4.78, 5) is 0. The van der Waals surface area contributed by atoms with E-state index in [1.807, 2.05) is 12.1 Å². The van der Waals surface area contributed by atoms with E-state index in [0.717, 1.165) is 65.8 Å². The molecule has 250 valence electrons. The third kappa shape index (κ3) is 4.17. The highest BCUT2D eigenvalue weighted by atomic mass is 16.3. The molecule has 0 amide bonds. The Balaban J connectivity index is 1.01. The number of benzene rings is 10. The fourth-order valence-electron chi connectivity index (χ4n) is 9.01. The molecule has 0 aliphatic heterocycles. The molecule has 2 aromatic heterocycles. The summed E-state index contributed by atoms with van der Waals surface area (Å²) in [5.74, 6) is 0. The van der Waals surface area contributed by atoms with Gasteiger partial charge in [-0.3, -0.25) is 0 Å². The van der Waals surface area contributed by atoms with Gasteiger partial charge in [0, 0.05) is 32.3 Å². The highest BCUT2D eigenvalue weighted by Crippen LogP contribution is 2.47. The molecule has 10 aromatic carbocycles. The molecule has 0 saturated heterocycles. The number of hydrogen-bond acceptors (Lipinski definition) is 2. The first kappa shape index (κ1) is 29.4. The first-order valence-corrected chi connectivity index (χ1v) is 18.5. The summed E-state index contributed by atoms with van der Waals surface area (Å²) >= 11 is 0. The molecule has 2 nitrogen and oxygen atoms in total. The Labute approximate surface area is 310 Å². The molecule has 0 saturated carbocycles. The molecule has 2 heteroatoms. The zero-order valence-electron chi connectivity index (χ0n) is 29.1. The fourth-order valence-corrected chi connectivity index (χ4v) is 9.01. The second kappa shape index (κ2) is 11.2. The Morgan fingerprint density at radius 2 is 0.685 bits per heavy atom. The topological polar surface area (TPSA) is 26.3 Å². The van der Waals surface area contributed by atoms with Crippen molar-refractivity contribution in [3.63, 3.8) is 0 Å². The van der Waals surface area contributed by atoms with E-state index in [4.69, 9.17) is 8.83 Å². The molecule has 0 atom stereocenters. The van der Waals surface area contributed by atoms with Gasteiger partial charge in [-0.1, -0.05) is 152 Å². The summed E-state index contributed by atoms with van der Waals surface area (Å²) in [6.45, 7) is 0. The monoisotopic (exact) mass is 686 g/mol. The molecule has 2 heterocycles. The maximum Gasteiger partial charge on any atom is 0.144 e. The molecular formula is C52H30O2. The predicted molar refractivity (Wildman–Crippen MR) is 227 cm³/mol. The van der Waals surface area contributed by atoms with Crippen LogP contribution in [-0.4, -0.2) is 0 Å². The van der Waals surface area contributed by atoms with Crippen molar-refractivity contribution in [1.82, 2.24) is 0 Å². The molecule has 0 bridgehead atoms. The van der Waals surface area contributed by atoms with Crippen molar-refractivity contribution in [2.75, 3.05) is 0 Å². The van der Waals surface area contributed by atoms with E-state index in [-0.39, 0.29) is 0 Å². The summed E-state index contributed by atoms with van der Waals surface area (Å²) < 4.78 is 13.3. The third-order valence-corrected chi connectivity index (χ3v) is 11.4. The quantitative estimate of drug-likeness (QED) is 0.173. The first-order chi connectivity index (χ1) is 26.8. The molecule has 12 rings (SSSR count). The van der Waals surface area contributed by atoms with Crippen molar-refractivity contribution in [2.24, 2.45) is 0 Å².